The molecule has 3 rings (SSSR count). The Hall–Kier alpha value is -1.52. The molecule has 2 heterocycles. The quantitative estimate of drug-likeness (QED) is 0.220. The van der Waals surface area contributed by atoms with Gasteiger partial charge in [0.1, 0.15) is 0 Å². The maximum absolute atomic E-state index is 10.7. The maximum atomic E-state index is 10.7. The molecule has 5 nitrogen and oxygen atoms in total. The molecule has 0 bridgehead atoms. The summed E-state index contributed by atoms with van der Waals surface area (Å²) in [6.45, 7) is 4.02. The molecule has 0 saturated heterocycles. The molecule has 0 aliphatic heterocycles. The topological polar surface area (TPSA) is 83.0 Å². The van der Waals surface area contributed by atoms with E-state index in [2.05, 4.69) is 34.2 Å². The van der Waals surface area contributed by atoms with Gasteiger partial charge in [0.2, 0.25) is 0 Å². The molecular formula is C15H12AgF3N2O3S. The minimum Gasteiger partial charge on any atom is -0.741 e. The Balaban J connectivity index is 0.000000301. The van der Waals surface area contributed by atoms with Crippen molar-refractivity contribution in [2.45, 2.75) is 19.4 Å². The van der Waals surface area contributed by atoms with Gasteiger partial charge in [-0.25, -0.2) is 8.42 Å². The molecule has 0 fully saturated rings. The van der Waals surface area contributed by atoms with Gasteiger partial charge >= 0.3 is 27.9 Å². The molecule has 2 aromatic heterocycles. The van der Waals surface area contributed by atoms with Gasteiger partial charge in [-0.1, -0.05) is 24.3 Å². The van der Waals surface area contributed by atoms with E-state index < -0.39 is 15.6 Å². The Morgan fingerprint density at radius 2 is 1.12 bits per heavy atom. The predicted octanol–water partition coefficient (Wildman–Crippen LogP) is 3.45. The van der Waals surface area contributed by atoms with Gasteiger partial charge in [0.25, 0.3) is 0 Å². The molecule has 0 N–H and O–H groups in total. The van der Waals surface area contributed by atoms with Gasteiger partial charge in [0.05, 0.1) is 11.0 Å². The number of aryl methyl sites for hydroxylation is 2. The van der Waals surface area contributed by atoms with E-state index in [1.807, 2.05) is 26.0 Å². The van der Waals surface area contributed by atoms with Crippen LogP contribution in [0.4, 0.5) is 13.2 Å². The van der Waals surface area contributed by atoms with Crippen LogP contribution in [0.1, 0.15) is 11.4 Å². The number of halogens is 3. The van der Waals surface area contributed by atoms with E-state index in [-0.39, 0.29) is 22.4 Å². The normalized spacial score (nSPS) is 11.6. The number of rotatable bonds is 0. The fraction of sp³-hybridized carbons (Fsp3) is 0.200. The molecule has 0 spiro atoms. The van der Waals surface area contributed by atoms with Crippen molar-refractivity contribution in [3.05, 3.63) is 47.8 Å². The van der Waals surface area contributed by atoms with Gasteiger partial charge in [0, 0.05) is 22.2 Å². The fourth-order valence-corrected chi connectivity index (χ4v) is 1.96. The van der Waals surface area contributed by atoms with Crippen LogP contribution in [0.25, 0.3) is 21.8 Å². The second-order valence-electron chi connectivity index (χ2n) is 5.01. The van der Waals surface area contributed by atoms with Crippen molar-refractivity contribution >= 4 is 31.9 Å². The summed E-state index contributed by atoms with van der Waals surface area (Å²) >= 11 is 0. The third-order valence-corrected chi connectivity index (χ3v) is 3.65. The number of aromatic nitrogens is 2. The molecule has 3 aromatic rings. The summed E-state index contributed by atoms with van der Waals surface area (Å²) in [5.41, 5.74) is -1.58. The molecule has 0 saturated carbocycles. The van der Waals surface area contributed by atoms with E-state index in [1.165, 1.54) is 0 Å². The summed E-state index contributed by atoms with van der Waals surface area (Å²) in [6, 6.07) is 12.5. The molecule has 0 aliphatic rings. The van der Waals surface area contributed by atoms with Crippen LogP contribution in [0.5, 0.6) is 0 Å². The van der Waals surface area contributed by atoms with Crippen molar-refractivity contribution in [2.24, 2.45) is 0 Å². The molecule has 0 atom stereocenters. The van der Waals surface area contributed by atoms with Crippen LogP contribution < -0.4 is 0 Å². The van der Waals surface area contributed by atoms with E-state index in [1.54, 1.807) is 0 Å². The average molecular weight is 465 g/mol. The Morgan fingerprint density at radius 3 is 1.40 bits per heavy atom. The van der Waals surface area contributed by atoms with E-state index in [4.69, 9.17) is 13.0 Å². The number of benzene rings is 1. The first kappa shape index (κ1) is 21.5. The predicted molar refractivity (Wildman–Crippen MR) is 82.3 cm³/mol. The van der Waals surface area contributed by atoms with Gasteiger partial charge in [-0.05, 0) is 26.0 Å². The van der Waals surface area contributed by atoms with Gasteiger partial charge in [0.15, 0.2) is 10.1 Å². The zero-order valence-electron chi connectivity index (χ0n) is 12.9. The first-order valence-electron chi connectivity index (χ1n) is 6.65. The first-order valence-corrected chi connectivity index (χ1v) is 8.06. The van der Waals surface area contributed by atoms with Crippen molar-refractivity contribution in [3.8, 4) is 0 Å². The molecule has 25 heavy (non-hydrogen) atoms. The number of pyridine rings is 2. The maximum Gasteiger partial charge on any atom is 1.00 e. The molecule has 10 heteroatoms. The van der Waals surface area contributed by atoms with E-state index >= 15 is 0 Å². The zero-order chi connectivity index (χ0) is 18.1. The fourth-order valence-electron chi connectivity index (χ4n) is 1.96. The summed E-state index contributed by atoms with van der Waals surface area (Å²) in [4.78, 5) is 9.16. The van der Waals surface area contributed by atoms with Crippen molar-refractivity contribution < 1.29 is 48.5 Å². The third kappa shape index (κ3) is 5.23. The Labute approximate surface area is 157 Å². The number of hydrogen-bond acceptors (Lipinski definition) is 5. The Bertz CT molecular complexity index is 947. The minimum atomic E-state index is -6.09. The molecule has 138 valence electrons. The van der Waals surface area contributed by atoms with Crippen LogP contribution in [-0.2, 0) is 32.5 Å². The standard InChI is InChI=1S/C14H12N2.CHF3O3S.Ag/c1-9-3-5-11-7-8-12-6-4-10(2)16-14(12)13(11)15-9;2-1(3,4)8(5,6)7;/h3-8H,1-2H3;(H,5,6,7);/q;;+1/p-1. The molecule has 0 unspecified atom stereocenters. The summed E-state index contributed by atoms with van der Waals surface area (Å²) in [6.07, 6.45) is 0. The summed E-state index contributed by atoms with van der Waals surface area (Å²) in [5, 5.41) is 2.30. The molecular weight excluding hydrogens is 453 g/mol. The number of hydrogen-bond donors (Lipinski definition) is 0. The number of nitrogens with zero attached hydrogens (tertiary/aromatic N) is 2. The van der Waals surface area contributed by atoms with Crippen molar-refractivity contribution in [1.29, 1.82) is 0 Å². The number of fused-ring (bicyclic) bond motifs is 3. The second kappa shape index (κ2) is 7.79. The summed E-state index contributed by atoms with van der Waals surface area (Å²) < 4.78 is 58.9. The number of alkyl halides is 3. The Kier molecular flexibility index (Phi) is 6.71. The first-order chi connectivity index (χ1) is 11.0. The van der Waals surface area contributed by atoms with Crippen LogP contribution >= 0.6 is 0 Å². The van der Waals surface area contributed by atoms with Crippen molar-refractivity contribution in [1.82, 2.24) is 9.97 Å². The van der Waals surface area contributed by atoms with Crippen LogP contribution in [0.3, 0.4) is 0 Å². The SMILES string of the molecule is Cc1ccc2ccc3ccc(C)nc3c2n1.O=S(=O)([O-])C(F)(F)F.[Ag+]. The molecule has 0 aliphatic carbocycles. The molecule has 0 radical (unpaired) electrons. The summed E-state index contributed by atoms with van der Waals surface area (Å²) in [7, 11) is -6.09. The van der Waals surface area contributed by atoms with Crippen LogP contribution in [0.2, 0.25) is 0 Å². The van der Waals surface area contributed by atoms with Crippen molar-refractivity contribution in [3.63, 3.8) is 0 Å². The second-order valence-corrected chi connectivity index (χ2v) is 6.39. The van der Waals surface area contributed by atoms with Crippen LogP contribution in [0.15, 0.2) is 36.4 Å². The largest absolute Gasteiger partial charge is 1.00 e. The van der Waals surface area contributed by atoms with Gasteiger partial charge in [-0.3, -0.25) is 9.97 Å². The van der Waals surface area contributed by atoms with Gasteiger partial charge < -0.3 is 4.55 Å². The van der Waals surface area contributed by atoms with E-state index in [9.17, 15) is 13.2 Å². The third-order valence-electron chi connectivity index (χ3n) is 3.08. The average Bonchev–Trinajstić information content (AvgIpc) is 2.45. The Morgan fingerprint density at radius 1 is 0.840 bits per heavy atom. The monoisotopic (exact) mass is 464 g/mol. The zero-order valence-corrected chi connectivity index (χ0v) is 15.2. The molecule has 1 aromatic carbocycles. The van der Waals surface area contributed by atoms with E-state index in [0.717, 1.165) is 33.2 Å². The summed E-state index contributed by atoms with van der Waals surface area (Å²) in [5.74, 6) is 0. The minimum absolute atomic E-state index is 0. The smallest absolute Gasteiger partial charge is 0.741 e. The van der Waals surface area contributed by atoms with Crippen LogP contribution in [-0.4, -0.2) is 28.4 Å². The van der Waals surface area contributed by atoms with Gasteiger partial charge in [-0.15, -0.1) is 0 Å². The van der Waals surface area contributed by atoms with E-state index in [0.29, 0.717) is 0 Å². The molecule has 0 amide bonds. The van der Waals surface area contributed by atoms with Crippen molar-refractivity contribution in [2.75, 3.05) is 0 Å². The van der Waals surface area contributed by atoms with Gasteiger partial charge in [-0.2, -0.15) is 13.2 Å². The van der Waals surface area contributed by atoms with Crippen LogP contribution in [0, 0.1) is 13.8 Å².